The number of hydrogen-bond acceptors (Lipinski definition) is 4. The van der Waals surface area contributed by atoms with Crippen molar-refractivity contribution in [2.24, 2.45) is 0 Å². The van der Waals surface area contributed by atoms with E-state index in [9.17, 15) is 0 Å². The first kappa shape index (κ1) is 22.0. The molecular formula is C24H26N2O2S2. The Morgan fingerprint density at radius 3 is 2.30 bits per heavy atom. The van der Waals surface area contributed by atoms with Gasteiger partial charge in [-0.25, -0.2) is 0 Å². The lowest BCUT2D eigenvalue weighted by molar-refractivity contribution is 0.270. The molecule has 3 rings (SSSR count). The fourth-order valence-corrected chi connectivity index (χ4v) is 3.95. The average Bonchev–Trinajstić information content (AvgIpc) is 2.78. The van der Waals surface area contributed by atoms with Crippen LogP contribution in [-0.4, -0.2) is 24.9 Å². The van der Waals surface area contributed by atoms with Gasteiger partial charge in [0.05, 0.1) is 13.2 Å². The normalized spacial score (nSPS) is 11.4. The molecule has 6 heteroatoms. The monoisotopic (exact) mass is 438 g/mol. The second kappa shape index (κ2) is 11.5. The van der Waals surface area contributed by atoms with Crippen LogP contribution in [0.15, 0.2) is 83.8 Å². The topological polar surface area (TPSA) is 42.5 Å². The second-order valence-electron chi connectivity index (χ2n) is 6.76. The zero-order chi connectivity index (χ0) is 21.2. The summed E-state index contributed by atoms with van der Waals surface area (Å²) < 4.78 is 11.1. The van der Waals surface area contributed by atoms with Crippen molar-refractivity contribution in [3.63, 3.8) is 0 Å². The van der Waals surface area contributed by atoms with Crippen LogP contribution in [0.2, 0.25) is 0 Å². The van der Waals surface area contributed by atoms with E-state index >= 15 is 0 Å². The fourth-order valence-electron chi connectivity index (χ4n) is 2.75. The van der Waals surface area contributed by atoms with Crippen LogP contribution in [-0.2, 0) is 5.75 Å². The van der Waals surface area contributed by atoms with Crippen molar-refractivity contribution in [3.05, 3.63) is 84.4 Å². The number of thiocarbonyl (C=S) groups is 1. The van der Waals surface area contributed by atoms with Crippen molar-refractivity contribution in [2.45, 2.75) is 23.6 Å². The number of nitrogens with one attached hydrogen (secondary N) is 2. The molecule has 156 valence electrons. The van der Waals surface area contributed by atoms with Crippen molar-refractivity contribution in [2.75, 3.05) is 19.0 Å². The maximum Gasteiger partial charge on any atom is 0.171 e. The van der Waals surface area contributed by atoms with Crippen LogP contribution in [0.25, 0.3) is 0 Å². The summed E-state index contributed by atoms with van der Waals surface area (Å²) in [4.78, 5) is 1.27. The van der Waals surface area contributed by atoms with Crippen LogP contribution in [0.5, 0.6) is 11.5 Å². The van der Waals surface area contributed by atoms with Crippen molar-refractivity contribution in [3.8, 4) is 11.5 Å². The molecule has 1 atom stereocenters. The van der Waals surface area contributed by atoms with Gasteiger partial charge in [-0.1, -0.05) is 42.5 Å². The summed E-state index contributed by atoms with van der Waals surface area (Å²) in [5.74, 6) is 2.37. The number of anilines is 1. The zero-order valence-corrected chi connectivity index (χ0v) is 18.8. The largest absolute Gasteiger partial charge is 0.493 e. The molecule has 0 fully saturated rings. The summed E-state index contributed by atoms with van der Waals surface area (Å²) in [6, 6.07) is 26.4. The second-order valence-corrected chi connectivity index (χ2v) is 8.22. The van der Waals surface area contributed by atoms with Crippen LogP contribution in [0.1, 0.15) is 12.5 Å². The predicted molar refractivity (Wildman–Crippen MR) is 130 cm³/mol. The number of thioether (sulfide) groups is 1. The molecule has 0 saturated carbocycles. The Balaban J connectivity index is 1.42. The highest BCUT2D eigenvalue weighted by atomic mass is 32.2. The van der Waals surface area contributed by atoms with E-state index in [0.717, 1.165) is 22.9 Å². The fraction of sp³-hybridized carbons (Fsp3) is 0.208. The summed E-state index contributed by atoms with van der Waals surface area (Å²) in [6.45, 7) is 2.49. The van der Waals surface area contributed by atoms with Gasteiger partial charge in [0.25, 0.3) is 0 Å². The Bertz CT molecular complexity index is 933. The molecule has 0 aliphatic carbocycles. The first-order valence-electron chi connectivity index (χ1n) is 9.74. The number of para-hydroxylation sites is 2. The third-order valence-electron chi connectivity index (χ3n) is 4.30. The van der Waals surface area contributed by atoms with Crippen molar-refractivity contribution >= 4 is 34.8 Å². The molecule has 0 bridgehead atoms. The van der Waals surface area contributed by atoms with Crippen molar-refractivity contribution in [1.82, 2.24) is 5.32 Å². The van der Waals surface area contributed by atoms with E-state index in [4.69, 9.17) is 21.7 Å². The van der Waals surface area contributed by atoms with Crippen molar-refractivity contribution < 1.29 is 9.47 Å². The highest BCUT2D eigenvalue weighted by Crippen LogP contribution is 2.26. The summed E-state index contributed by atoms with van der Waals surface area (Å²) in [7, 11) is 1.63. The van der Waals surface area contributed by atoms with Gasteiger partial charge in [0.2, 0.25) is 0 Å². The Kier molecular flexibility index (Phi) is 8.41. The molecule has 3 aromatic rings. The molecule has 0 radical (unpaired) electrons. The van der Waals surface area contributed by atoms with E-state index in [-0.39, 0.29) is 6.04 Å². The molecule has 4 nitrogen and oxygen atoms in total. The minimum Gasteiger partial charge on any atom is -0.493 e. The highest BCUT2D eigenvalue weighted by molar-refractivity contribution is 7.98. The third kappa shape index (κ3) is 6.97. The Morgan fingerprint density at radius 2 is 1.60 bits per heavy atom. The quantitative estimate of drug-likeness (QED) is 0.328. The number of ether oxygens (including phenoxy) is 2. The van der Waals surface area contributed by atoms with Gasteiger partial charge in [-0.05, 0) is 61.1 Å². The molecule has 0 aliphatic heterocycles. The van der Waals surface area contributed by atoms with E-state index in [2.05, 4.69) is 47.0 Å². The molecule has 0 saturated heterocycles. The first-order chi connectivity index (χ1) is 14.6. The standard InChI is InChI=1S/C24H26N2O2S2/c1-18(16-28-23-11-7-6-10-22(23)27-2)25-24(29)26-20-14-12-19(13-15-20)17-30-21-8-4-3-5-9-21/h3-15,18H,16-17H2,1-2H3,(H2,25,26,29). The predicted octanol–water partition coefficient (Wildman–Crippen LogP) is 5.74. The number of methoxy groups -OCH3 is 1. The van der Waals surface area contributed by atoms with E-state index in [1.54, 1.807) is 7.11 Å². The van der Waals surface area contributed by atoms with Gasteiger partial charge in [-0.15, -0.1) is 11.8 Å². The third-order valence-corrected chi connectivity index (χ3v) is 5.60. The Morgan fingerprint density at radius 1 is 0.933 bits per heavy atom. The Hall–Kier alpha value is -2.70. The maximum absolute atomic E-state index is 5.84. The lowest BCUT2D eigenvalue weighted by atomic mass is 10.2. The van der Waals surface area contributed by atoms with Crippen LogP contribution < -0.4 is 20.1 Å². The van der Waals surface area contributed by atoms with Crippen LogP contribution in [0.3, 0.4) is 0 Å². The molecule has 0 aromatic heterocycles. The summed E-state index contributed by atoms with van der Waals surface area (Å²) in [6.07, 6.45) is 0. The smallest absolute Gasteiger partial charge is 0.171 e. The number of rotatable bonds is 9. The van der Waals surface area contributed by atoms with E-state index in [0.29, 0.717) is 11.7 Å². The SMILES string of the molecule is COc1ccccc1OCC(C)NC(=S)Nc1ccc(CSc2ccccc2)cc1. The van der Waals surface area contributed by atoms with Gasteiger partial charge in [-0.2, -0.15) is 0 Å². The molecule has 3 aromatic carbocycles. The highest BCUT2D eigenvalue weighted by Gasteiger charge is 2.08. The van der Waals surface area contributed by atoms with E-state index < -0.39 is 0 Å². The van der Waals surface area contributed by atoms with E-state index in [1.165, 1.54) is 10.5 Å². The van der Waals surface area contributed by atoms with Gasteiger partial charge in [-0.3, -0.25) is 0 Å². The zero-order valence-electron chi connectivity index (χ0n) is 17.1. The lowest BCUT2D eigenvalue weighted by Crippen LogP contribution is -2.39. The van der Waals surface area contributed by atoms with Gasteiger partial charge < -0.3 is 20.1 Å². The maximum atomic E-state index is 5.84. The van der Waals surface area contributed by atoms with E-state index in [1.807, 2.05) is 61.2 Å². The minimum atomic E-state index is 0.0384. The van der Waals surface area contributed by atoms with Crippen LogP contribution in [0, 0.1) is 0 Å². The van der Waals surface area contributed by atoms with Gasteiger partial charge in [0.15, 0.2) is 16.6 Å². The molecular weight excluding hydrogens is 412 g/mol. The van der Waals surface area contributed by atoms with Crippen LogP contribution >= 0.6 is 24.0 Å². The molecule has 2 N–H and O–H groups in total. The van der Waals surface area contributed by atoms with Gasteiger partial charge in [0.1, 0.15) is 6.61 Å². The van der Waals surface area contributed by atoms with Crippen LogP contribution in [0.4, 0.5) is 5.69 Å². The number of benzene rings is 3. The molecule has 30 heavy (non-hydrogen) atoms. The summed E-state index contributed by atoms with van der Waals surface area (Å²) >= 11 is 7.26. The van der Waals surface area contributed by atoms with Crippen molar-refractivity contribution in [1.29, 1.82) is 0 Å². The first-order valence-corrected chi connectivity index (χ1v) is 11.1. The molecule has 1 unspecified atom stereocenters. The molecule has 0 aliphatic rings. The molecule has 0 spiro atoms. The lowest BCUT2D eigenvalue weighted by Gasteiger charge is -2.18. The Labute approximate surface area is 188 Å². The molecule has 0 amide bonds. The van der Waals surface area contributed by atoms with Gasteiger partial charge in [0, 0.05) is 16.3 Å². The minimum absolute atomic E-state index is 0.0384. The summed E-state index contributed by atoms with van der Waals surface area (Å²) in [5, 5.41) is 7.04. The number of hydrogen-bond donors (Lipinski definition) is 2. The molecule has 0 heterocycles. The summed E-state index contributed by atoms with van der Waals surface area (Å²) in [5.41, 5.74) is 2.23. The van der Waals surface area contributed by atoms with Gasteiger partial charge >= 0.3 is 0 Å². The average molecular weight is 439 g/mol.